The molecule has 6 nitrogen and oxygen atoms in total. The van der Waals surface area contributed by atoms with Crippen LogP contribution in [-0.2, 0) is 13.6 Å². The largest absolute Gasteiger partial charge is 0.493 e. The number of ether oxygens (including phenoxy) is 3. The van der Waals surface area contributed by atoms with E-state index in [2.05, 4.69) is 16.1 Å². The van der Waals surface area contributed by atoms with Gasteiger partial charge in [0.2, 0.25) is 5.75 Å². The average molecular weight is 359 g/mol. The topological polar surface area (TPSA) is 48.8 Å². The van der Waals surface area contributed by atoms with Crippen LogP contribution in [0.25, 0.3) is 0 Å². The fraction of sp³-hybridized carbons (Fsp3) is 0.550. The molecule has 1 aliphatic heterocycles. The minimum absolute atomic E-state index is 0.345. The number of nitrogens with zero attached hydrogens (tertiary/aromatic N) is 3. The smallest absolute Gasteiger partial charge is 0.203 e. The number of aryl methyl sites for hydroxylation is 1. The van der Waals surface area contributed by atoms with Crippen LogP contribution in [0.1, 0.15) is 43.0 Å². The molecule has 0 spiro atoms. The van der Waals surface area contributed by atoms with Crippen molar-refractivity contribution in [3.05, 3.63) is 35.7 Å². The molecule has 1 aliphatic rings. The van der Waals surface area contributed by atoms with Crippen molar-refractivity contribution in [2.45, 2.75) is 38.3 Å². The van der Waals surface area contributed by atoms with Gasteiger partial charge in [0.25, 0.3) is 0 Å². The summed E-state index contributed by atoms with van der Waals surface area (Å²) >= 11 is 0. The Bertz CT molecular complexity index is 704. The van der Waals surface area contributed by atoms with Crippen LogP contribution in [-0.4, -0.2) is 42.6 Å². The van der Waals surface area contributed by atoms with E-state index in [9.17, 15) is 0 Å². The van der Waals surface area contributed by atoms with Crippen molar-refractivity contribution in [2.24, 2.45) is 7.05 Å². The van der Waals surface area contributed by atoms with Gasteiger partial charge < -0.3 is 14.2 Å². The molecule has 2 heterocycles. The Hall–Kier alpha value is -2.21. The summed E-state index contributed by atoms with van der Waals surface area (Å²) in [5.74, 6) is 2.04. The molecule has 26 heavy (non-hydrogen) atoms. The monoisotopic (exact) mass is 359 g/mol. The second kappa shape index (κ2) is 8.45. The first-order valence-corrected chi connectivity index (χ1v) is 9.18. The highest BCUT2D eigenvalue weighted by atomic mass is 16.5. The number of likely N-dealkylation sites (tertiary alicyclic amines) is 1. The first kappa shape index (κ1) is 18.6. The van der Waals surface area contributed by atoms with Crippen molar-refractivity contribution in [3.63, 3.8) is 0 Å². The highest BCUT2D eigenvalue weighted by Crippen LogP contribution is 2.39. The normalized spacial score (nSPS) is 18.4. The second-order valence-corrected chi connectivity index (χ2v) is 6.78. The van der Waals surface area contributed by atoms with Crippen molar-refractivity contribution in [3.8, 4) is 17.2 Å². The number of hydrogen-bond acceptors (Lipinski definition) is 5. The van der Waals surface area contributed by atoms with E-state index in [1.807, 2.05) is 30.1 Å². The van der Waals surface area contributed by atoms with Crippen molar-refractivity contribution in [1.82, 2.24) is 14.7 Å². The third-order valence-corrected chi connectivity index (χ3v) is 5.05. The van der Waals surface area contributed by atoms with Gasteiger partial charge in [-0.05, 0) is 43.1 Å². The summed E-state index contributed by atoms with van der Waals surface area (Å²) in [7, 11) is 6.92. The van der Waals surface area contributed by atoms with Crippen molar-refractivity contribution >= 4 is 0 Å². The Morgan fingerprint density at radius 3 is 2.35 bits per heavy atom. The molecule has 1 saturated heterocycles. The molecule has 6 heteroatoms. The molecule has 142 valence electrons. The number of rotatable bonds is 6. The third kappa shape index (κ3) is 3.96. The van der Waals surface area contributed by atoms with E-state index in [1.54, 1.807) is 21.3 Å². The average Bonchev–Trinajstić information content (AvgIpc) is 2.95. The minimum Gasteiger partial charge on any atom is -0.493 e. The SMILES string of the molecule is COc1cc(CN2CCCCC[C@@H]2c2ccn(C)n2)cc(OC)c1OC. The summed E-state index contributed by atoms with van der Waals surface area (Å²) in [5, 5.41) is 4.67. The van der Waals surface area contributed by atoms with Crippen LogP contribution in [0.5, 0.6) is 17.2 Å². The van der Waals surface area contributed by atoms with Gasteiger partial charge in [0.15, 0.2) is 11.5 Å². The minimum atomic E-state index is 0.345. The van der Waals surface area contributed by atoms with Gasteiger partial charge in [-0.15, -0.1) is 0 Å². The van der Waals surface area contributed by atoms with Gasteiger partial charge in [-0.2, -0.15) is 5.10 Å². The van der Waals surface area contributed by atoms with E-state index < -0.39 is 0 Å². The third-order valence-electron chi connectivity index (χ3n) is 5.05. The molecule has 3 rings (SSSR count). The predicted molar refractivity (Wildman–Crippen MR) is 101 cm³/mol. The maximum absolute atomic E-state index is 5.51. The lowest BCUT2D eigenvalue weighted by atomic mass is 10.1. The fourth-order valence-electron chi connectivity index (χ4n) is 3.76. The van der Waals surface area contributed by atoms with E-state index in [0.717, 1.165) is 30.8 Å². The summed E-state index contributed by atoms with van der Waals surface area (Å²) < 4.78 is 18.3. The van der Waals surface area contributed by atoms with Crippen LogP contribution in [0, 0.1) is 0 Å². The van der Waals surface area contributed by atoms with Gasteiger partial charge in [0.05, 0.1) is 33.1 Å². The van der Waals surface area contributed by atoms with E-state index in [1.165, 1.54) is 19.3 Å². The van der Waals surface area contributed by atoms with E-state index in [4.69, 9.17) is 14.2 Å². The maximum Gasteiger partial charge on any atom is 0.203 e. The van der Waals surface area contributed by atoms with Gasteiger partial charge in [0.1, 0.15) is 0 Å². The van der Waals surface area contributed by atoms with Crippen LogP contribution >= 0.6 is 0 Å². The predicted octanol–water partition coefficient (Wildman–Crippen LogP) is 3.56. The standard InChI is InChI=1S/C20H29N3O3/c1-22-11-9-16(21-22)17-8-6-5-7-10-23(17)14-15-12-18(24-2)20(26-4)19(13-15)25-3/h9,11-13,17H,5-8,10,14H2,1-4H3/t17-/m1/s1. The van der Waals surface area contributed by atoms with E-state index in [0.29, 0.717) is 23.3 Å². The molecular weight excluding hydrogens is 330 g/mol. The summed E-state index contributed by atoms with van der Waals surface area (Å²) in [5.41, 5.74) is 2.31. The van der Waals surface area contributed by atoms with Gasteiger partial charge in [-0.25, -0.2) is 0 Å². The first-order valence-electron chi connectivity index (χ1n) is 9.18. The zero-order valence-corrected chi connectivity index (χ0v) is 16.2. The van der Waals surface area contributed by atoms with E-state index in [-0.39, 0.29) is 0 Å². The lowest BCUT2D eigenvalue weighted by Crippen LogP contribution is -2.28. The molecule has 1 aromatic heterocycles. The number of hydrogen-bond donors (Lipinski definition) is 0. The molecule has 1 aromatic carbocycles. The summed E-state index contributed by atoms with van der Waals surface area (Å²) in [4.78, 5) is 2.52. The Kier molecular flexibility index (Phi) is 6.04. The molecule has 0 saturated carbocycles. The van der Waals surface area contributed by atoms with Gasteiger partial charge >= 0.3 is 0 Å². The van der Waals surface area contributed by atoms with Crippen LogP contribution in [0.3, 0.4) is 0 Å². The Balaban J connectivity index is 1.89. The van der Waals surface area contributed by atoms with Gasteiger partial charge in [-0.3, -0.25) is 9.58 Å². The van der Waals surface area contributed by atoms with Crippen molar-refractivity contribution in [2.75, 3.05) is 27.9 Å². The molecule has 0 unspecified atom stereocenters. The van der Waals surface area contributed by atoms with Crippen LogP contribution in [0.4, 0.5) is 0 Å². The van der Waals surface area contributed by atoms with Crippen LogP contribution in [0.2, 0.25) is 0 Å². The fourth-order valence-corrected chi connectivity index (χ4v) is 3.76. The number of benzene rings is 1. The molecule has 0 N–H and O–H groups in total. The molecular formula is C20H29N3O3. The molecule has 0 amide bonds. The van der Waals surface area contributed by atoms with Crippen LogP contribution in [0.15, 0.2) is 24.4 Å². The molecule has 2 aromatic rings. The van der Waals surface area contributed by atoms with Crippen molar-refractivity contribution in [1.29, 1.82) is 0 Å². The Morgan fingerprint density at radius 1 is 1.04 bits per heavy atom. The zero-order valence-electron chi connectivity index (χ0n) is 16.2. The molecule has 0 aliphatic carbocycles. The molecule has 0 radical (unpaired) electrons. The zero-order chi connectivity index (χ0) is 18.5. The maximum atomic E-state index is 5.51. The Morgan fingerprint density at radius 2 is 1.77 bits per heavy atom. The lowest BCUT2D eigenvalue weighted by molar-refractivity contribution is 0.187. The summed E-state index contributed by atoms with van der Waals surface area (Å²) in [6, 6.07) is 6.57. The van der Waals surface area contributed by atoms with Crippen molar-refractivity contribution < 1.29 is 14.2 Å². The molecule has 0 bridgehead atoms. The number of aromatic nitrogens is 2. The quantitative estimate of drug-likeness (QED) is 0.789. The Labute approximate surface area is 155 Å². The molecule has 1 fully saturated rings. The van der Waals surface area contributed by atoms with Gasteiger partial charge in [-0.1, -0.05) is 12.8 Å². The van der Waals surface area contributed by atoms with Crippen LogP contribution < -0.4 is 14.2 Å². The van der Waals surface area contributed by atoms with Gasteiger partial charge in [0, 0.05) is 19.8 Å². The highest BCUT2D eigenvalue weighted by molar-refractivity contribution is 5.53. The van der Waals surface area contributed by atoms with E-state index >= 15 is 0 Å². The summed E-state index contributed by atoms with van der Waals surface area (Å²) in [6.45, 7) is 1.90. The summed E-state index contributed by atoms with van der Waals surface area (Å²) in [6.07, 6.45) is 6.90. The molecule has 1 atom stereocenters. The lowest BCUT2D eigenvalue weighted by Gasteiger charge is -2.29. The second-order valence-electron chi connectivity index (χ2n) is 6.78. The highest BCUT2D eigenvalue weighted by Gasteiger charge is 2.25. The first-order chi connectivity index (χ1) is 12.7. The number of methoxy groups -OCH3 is 3.